The molecule has 0 aliphatic carbocycles. The first-order valence-corrected chi connectivity index (χ1v) is 11.9. The minimum atomic E-state index is -3.80. The summed E-state index contributed by atoms with van der Waals surface area (Å²) in [5.41, 5.74) is 1.59. The molecule has 0 bridgehead atoms. The van der Waals surface area contributed by atoms with Crippen LogP contribution in [0.4, 0.5) is 5.69 Å². The number of benzene rings is 2. The summed E-state index contributed by atoms with van der Waals surface area (Å²) in [6.45, 7) is 3.31. The van der Waals surface area contributed by atoms with Gasteiger partial charge >= 0.3 is 10.2 Å². The summed E-state index contributed by atoms with van der Waals surface area (Å²) >= 11 is 0. The van der Waals surface area contributed by atoms with E-state index in [0.29, 0.717) is 31.9 Å². The van der Waals surface area contributed by atoms with Crippen molar-refractivity contribution in [3.8, 4) is 11.5 Å². The summed E-state index contributed by atoms with van der Waals surface area (Å²) in [5.74, 6) is 1.32. The van der Waals surface area contributed by atoms with Gasteiger partial charge in [0.1, 0.15) is 6.54 Å². The Morgan fingerprint density at radius 3 is 2.34 bits per heavy atom. The molecular weight excluding hydrogens is 432 g/mol. The van der Waals surface area contributed by atoms with E-state index in [2.05, 4.69) is 4.90 Å². The van der Waals surface area contributed by atoms with Gasteiger partial charge in [-0.25, -0.2) is 4.31 Å². The minimum absolute atomic E-state index is 0.206. The Morgan fingerprint density at radius 2 is 1.66 bits per heavy atom. The van der Waals surface area contributed by atoms with Crippen molar-refractivity contribution in [1.29, 1.82) is 0 Å². The Bertz CT molecular complexity index is 1050. The van der Waals surface area contributed by atoms with E-state index in [1.54, 1.807) is 29.2 Å². The zero-order valence-electron chi connectivity index (χ0n) is 18.3. The number of ether oxygens (including phenoxy) is 2. The van der Waals surface area contributed by atoms with E-state index >= 15 is 0 Å². The van der Waals surface area contributed by atoms with Crippen molar-refractivity contribution in [2.24, 2.45) is 0 Å². The maximum absolute atomic E-state index is 13.0. The van der Waals surface area contributed by atoms with Gasteiger partial charge in [0.05, 0.1) is 5.69 Å². The molecule has 2 aliphatic heterocycles. The third kappa shape index (κ3) is 4.82. The van der Waals surface area contributed by atoms with Crippen LogP contribution in [0.3, 0.4) is 0 Å². The van der Waals surface area contributed by atoms with Gasteiger partial charge in [0.15, 0.2) is 11.5 Å². The highest BCUT2D eigenvalue weighted by molar-refractivity contribution is 7.90. The van der Waals surface area contributed by atoms with Gasteiger partial charge in [0, 0.05) is 46.8 Å². The normalized spacial score (nSPS) is 16.4. The summed E-state index contributed by atoms with van der Waals surface area (Å²) in [5, 5.41) is 0. The Morgan fingerprint density at radius 1 is 0.969 bits per heavy atom. The molecule has 0 unspecified atom stereocenters. The van der Waals surface area contributed by atoms with Crippen LogP contribution < -0.4 is 13.8 Å². The summed E-state index contributed by atoms with van der Waals surface area (Å²) in [6, 6.07) is 14.6. The van der Waals surface area contributed by atoms with Crippen LogP contribution in [-0.4, -0.2) is 82.0 Å². The van der Waals surface area contributed by atoms with E-state index in [0.717, 1.165) is 32.2 Å². The monoisotopic (exact) mass is 460 g/mol. The van der Waals surface area contributed by atoms with Crippen LogP contribution in [0.15, 0.2) is 48.5 Å². The number of amides is 1. The Kier molecular flexibility index (Phi) is 6.54. The van der Waals surface area contributed by atoms with Gasteiger partial charge in [-0.1, -0.05) is 24.3 Å². The van der Waals surface area contributed by atoms with E-state index in [4.69, 9.17) is 9.47 Å². The Hall–Kier alpha value is -2.82. The SMILES string of the molecule is CN(C)S(=O)(=O)N(CC(=O)N1CCN(Cc2ccc3c(c2)OCO3)CC1)c1ccccc1. The summed E-state index contributed by atoms with van der Waals surface area (Å²) in [6.07, 6.45) is 0. The molecule has 2 heterocycles. The van der Waals surface area contributed by atoms with Crippen LogP contribution in [0, 0.1) is 0 Å². The highest BCUT2D eigenvalue weighted by atomic mass is 32.2. The average molecular weight is 461 g/mol. The molecule has 0 spiro atoms. The number of piperazine rings is 1. The molecule has 0 atom stereocenters. The second-order valence-electron chi connectivity index (χ2n) is 7.98. The number of nitrogens with zero attached hydrogens (tertiary/aromatic N) is 4. The van der Waals surface area contributed by atoms with Crippen LogP contribution in [0.5, 0.6) is 11.5 Å². The lowest BCUT2D eigenvalue weighted by Crippen LogP contribution is -2.52. The highest BCUT2D eigenvalue weighted by Crippen LogP contribution is 2.32. The summed E-state index contributed by atoms with van der Waals surface area (Å²) < 4.78 is 38.8. The number of rotatable bonds is 7. The highest BCUT2D eigenvalue weighted by Gasteiger charge is 2.30. The number of anilines is 1. The molecule has 0 radical (unpaired) electrons. The molecule has 0 saturated carbocycles. The Labute approximate surface area is 188 Å². The molecular formula is C22H28N4O5S. The average Bonchev–Trinajstić information content (AvgIpc) is 3.26. The molecule has 1 fully saturated rings. The zero-order chi connectivity index (χ0) is 22.7. The van der Waals surface area contributed by atoms with E-state index in [1.165, 1.54) is 14.1 Å². The van der Waals surface area contributed by atoms with Crippen molar-refractivity contribution in [1.82, 2.24) is 14.1 Å². The van der Waals surface area contributed by atoms with E-state index in [1.807, 2.05) is 24.3 Å². The Balaban J connectivity index is 1.37. The predicted octanol–water partition coefficient (Wildman–Crippen LogP) is 1.37. The van der Waals surface area contributed by atoms with E-state index in [-0.39, 0.29) is 19.2 Å². The second-order valence-corrected chi connectivity index (χ2v) is 10.0. The fourth-order valence-corrected chi connectivity index (χ4v) is 4.83. The molecule has 1 saturated heterocycles. The van der Waals surface area contributed by atoms with Gasteiger partial charge in [-0.2, -0.15) is 12.7 Å². The van der Waals surface area contributed by atoms with Gasteiger partial charge in [0.25, 0.3) is 0 Å². The van der Waals surface area contributed by atoms with Gasteiger partial charge in [-0.05, 0) is 29.8 Å². The zero-order valence-corrected chi connectivity index (χ0v) is 19.1. The van der Waals surface area contributed by atoms with Crippen LogP contribution in [0.1, 0.15) is 5.56 Å². The van der Waals surface area contributed by atoms with Crippen LogP contribution in [0.25, 0.3) is 0 Å². The smallest absolute Gasteiger partial charge is 0.304 e. The largest absolute Gasteiger partial charge is 0.454 e. The topological polar surface area (TPSA) is 82.6 Å². The molecule has 2 aromatic rings. The van der Waals surface area contributed by atoms with E-state index < -0.39 is 10.2 Å². The number of fused-ring (bicyclic) bond motifs is 1. The van der Waals surface area contributed by atoms with Crippen LogP contribution >= 0.6 is 0 Å². The number of hydrogen-bond acceptors (Lipinski definition) is 6. The molecule has 172 valence electrons. The molecule has 32 heavy (non-hydrogen) atoms. The fourth-order valence-electron chi connectivity index (χ4n) is 3.77. The second kappa shape index (κ2) is 9.35. The van der Waals surface area contributed by atoms with Gasteiger partial charge in [-0.3, -0.25) is 9.69 Å². The lowest BCUT2D eigenvalue weighted by atomic mass is 10.1. The number of carbonyl (C=O) groups is 1. The first kappa shape index (κ1) is 22.4. The fraction of sp³-hybridized carbons (Fsp3) is 0.409. The van der Waals surface area contributed by atoms with Crippen molar-refractivity contribution in [3.63, 3.8) is 0 Å². The summed E-state index contributed by atoms with van der Waals surface area (Å²) in [4.78, 5) is 17.0. The van der Waals surface area contributed by atoms with Crippen molar-refractivity contribution >= 4 is 21.8 Å². The number of hydrogen-bond donors (Lipinski definition) is 0. The number of carbonyl (C=O) groups excluding carboxylic acids is 1. The molecule has 4 rings (SSSR count). The maximum atomic E-state index is 13.0. The molecule has 2 aliphatic rings. The van der Waals surface area contributed by atoms with Crippen LogP contribution in [0.2, 0.25) is 0 Å². The molecule has 10 heteroatoms. The van der Waals surface area contributed by atoms with E-state index in [9.17, 15) is 13.2 Å². The van der Waals surface area contributed by atoms with Crippen molar-refractivity contribution in [2.45, 2.75) is 6.54 Å². The van der Waals surface area contributed by atoms with Gasteiger partial charge < -0.3 is 14.4 Å². The third-order valence-corrected chi connectivity index (χ3v) is 7.45. The van der Waals surface area contributed by atoms with Crippen LogP contribution in [-0.2, 0) is 21.5 Å². The van der Waals surface area contributed by atoms with Crippen molar-refractivity contribution in [2.75, 3.05) is 57.9 Å². The molecule has 0 aromatic heterocycles. The van der Waals surface area contributed by atoms with Gasteiger partial charge in [-0.15, -0.1) is 0 Å². The lowest BCUT2D eigenvalue weighted by Gasteiger charge is -2.36. The predicted molar refractivity (Wildman–Crippen MR) is 121 cm³/mol. The molecule has 1 amide bonds. The number of para-hydroxylation sites is 1. The first-order chi connectivity index (χ1) is 15.3. The van der Waals surface area contributed by atoms with Crippen molar-refractivity contribution < 1.29 is 22.7 Å². The van der Waals surface area contributed by atoms with Crippen molar-refractivity contribution in [3.05, 3.63) is 54.1 Å². The molecule has 9 nitrogen and oxygen atoms in total. The molecule has 2 aromatic carbocycles. The standard InChI is InChI=1S/C22H28N4O5S/c1-23(2)32(28,29)26(19-6-4-3-5-7-19)16-22(27)25-12-10-24(11-13-25)15-18-8-9-20-21(14-18)31-17-30-20/h3-9,14H,10-13,15-17H2,1-2H3. The summed E-state index contributed by atoms with van der Waals surface area (Å²) in [7, 11) is -0.870. The van der Waals surface area contributed by atoms with Gasteiger partial charge in [0.2, 0.25) is 12.7 Å². The third-order valence-electron chi connectivity index (χ3n) is 5.63. The minimum Gasteiger partial charge on any atom is -0.454 e. The quantitative estimate of drug-likeness (QED) is 0.621. The maximum Gasteiger partial charge on any atom is 0.304 e. The molecule has 0 N–H and O–H groups in total. The lowest BCUT2D eigenvalue weighted by molar-refractivity contribution is -0.131. The first-order valence-electron chi connectivity index (χ1n) is 10.5.